The number of hydrogen-bond donors (Lipinski definition) is 1. The number of methoxy groups -OCH3 is 1. The third-order valence-corrected chi connectivity index (χ3v) is 5.36. The summed E-state index contributed by atoms with van der Waals surface area (Å²) in [7, 11) is 1.41. The number of aryl methyl sites for hydroxylation is 1. The Labute approximate surface area is 175 Å². The van der Waals surface area contributed by atoms with Crippen molar-refractivity contribution in [2.24, 2.45) is 0 Å². The number of allylic oxidation sites excluding steroid dienone is 4. The number of nitrogens with two attached hydrogens (primary N) is 1. The van der Waals surface area contributed by atoms with Gasteiger partial charge in [0.05, 0.1) is 12.7 Å². The Morgan fingerprint density at radius 2 is 2.03 bits per heavy atom. The van der Waals surface area contributed by atoms with Gasteiger partial charge in [-0.3, -0.25) is 9.59 Å². The third kappa shape index (κ3) is 3.74. The van der Waals surface area contributed by atoms with Gasteiger partial charge in [0.15, 0.2) is 10.8 Å². The largest absolute Gasteiger partial charge is 0.493 e. The molecule has 4 rings (SSSR count). The van der Waals surface area contributed by atoms with E-state index in [0.29, 0.717) is 15.5 Å². The fraction of sp³-hybridized carbons (Fsp3) is 0.143. The third-order valence-electron chi connectivity index (χ3n) is 4.48. The molecule has 9 heteroatoms. The first-order chi connectivity index (χ1) is 14.5. The number of fused-ring (bicyclic) bond motifs is 1. The van der Waals surface area contributed by atoms with Gasteiger partial charge in [-0.25, -0.2) is 0 Å². The van der Waals surface area contributed by atoms with Crippen LogP contribution in [0.1, 0.15) is 16.1 Å². The van der Waals surface area contributed by atoms with Crippen LogP contribution in [0.3, 0.4) is 0 Å². The van der Waals surface area contributed by atoms with E-state index in [2.05, 4.69) is 10.1 Å². The number of carbonyl (C=O) groups excluding carboxylic acids is 1. The van der Waals surface area contributed by atoms with Crippen molar-refractivity contribution < 1.29 is 14.3 Å². The first-order valence-corrected chi connectivity index (χ1v) is 9.84. The van der Waals surface area contributed by atoms with Crippen molar-refractivity contribution in [3.8, 4) is 5.75 Å². The van der Waals surface area contributed by atoms with E-state index in [0.717, 1.165) is 11.3 Å². The molecule has 0 saturated heterocycles. The van der Waals surface area contributed by atoms with Gasteiger partial charge in [-0.15, -0.1) is 0 Å². The number of ketones is 1. The number of hydrogen-bond acceptors (Lipinski definition) is 8. The second kappa shape index (κ2) is 7.96. The molecule has 0 atom stereocenters. The SMILES string of the molecule is COC1=C/C(=C\c2c(N)n3nc(COc4ccccc4C)sc3nc2=O)C=CC1=O. The second-order valence-corrected chi connectivity index (χ2v) is 7.56. The van der Waals surface area contributed by atoms with Gasteiger partial charge in [-0.05, 0) is 42.4 Å². The molecular formula is C21H18N4O4S. The highest BCUT2D eigenvalue weighted by Crippen LogP contribution is 2.23. The number of para-hydroxylation sites is 1. The Balaban J connectivity index is 1.67. The molecule has 2 heterocycles. The van der Waals surface area contributed by atoms with Gasteiger partial charge in [-0.1, -0.05) is 35.6 Å². The van der Waals surface area contributed by atoms with Gasteiger partial charge >= 0.3 is 0 Å². The molecule has 0 radical (unpaired) electrons. The molecule has 0 bridgehead atoms. The lowest BCUT2D eigenvalue weighted by atomic mass is 10.0. The maximum absolute atomic E-state index is 12.5. The number of anilines is 1. The van der Waals surface area contributed by atoms with E-state index in [4.69, 9.17) is 15.2 Å². The van der Waals surface area contributed by atoms with Gasteiger partial charge in [0.2, 0.25) is 10.7 Å². The molecule has 1 aliphatic rings. The summed E-state index contributed by atoms with van der Waals surface area (Å²) in [6, 6.07) is 7.68. The maximum atomic E-state index is 12.5. The lowest BCUT2D eigenvalue weighted by Gasteiger charge is -2.08. The van der Waals surface area contributed by atoms with Crippen molar-refractivity contribution in [2.45, 2.75) is 13.5 Å². The fourth-order valence-corrected chi connectivity index (χ4v) is 3.72. The predicted molar refractivity (Wildman–Crippen MR) is 114 cm³/mol. The van der Waals surface area contributed by atoms with E-state index in [1.54, 1.807) is 18.2 Å². The Morgan fingerprint density at radius 1 is 1.23 bits per heavy atom. The molecule has 0 amide bonds. The van der Waals surface area contributed by atoms with Gasteiger partial charge in [0.1, 0.15) is 18.2 Å². The van der Waals surface area contributed by atoms with E-state index < -0.39 is 5.56 Å². The number of ether oxygens (including phenoxy) is 2. The van der Waals surface area contributed by atoms with E-state index in [-0.39, 0.29) is 29.5 Å². The highest BCUT2D eigenvalue weighted by molar-refractivity contribution is 7.16. The normalized spacial score (nSPS) is 14.9. The first kappa shape index (κ1) is 19.6. The average Bonchev–Trinajstić information content (AvgIpc) is 3.14. The zero-order valence-corrected chi connectivity index (χ0v) is 17.1. The van der Waals surface area contributed by atoms with Crippen molar-refractivity contribution in [3.05, 3.63) is 80.3 Å². The number of rotatable bonds is 5. The predicted octanol–water partition coefficient (Wildman–Crippen LogP) is 2.67. The number of benzene rings is 1. The maximum Gasteiger partial charge on any atom is 0.283 e. The lowest BCUT2D eigenvalue weighted by molar-refractivity contribution is -0.114. The van der Waals surface area contributed by atoms with Crippen molar-refractivity contribution >= 4 is 34.0 Å². The van der Waals surface area contributed by atoms with Crippen LogP contribution < -0.4 is 16.0 Å². The zero-order chi connectivity index (χ0) is 21.3. The second-order valence-electron chi connectivity index (χ2n) is 6.51. The molecule has 8 nitrogen and oxygen atoms in total. The molecule has 0 spiro atoms. The first-order valence-electron chi connectivity index (χ1n) is 9.02. The number of nitrogens with zero attached hydrogens (tertiary/aromatic N) is 3. The van der Waals surface area contributed by atoms with Crippen LogP contribution in [0, 0.1) is 6.92 Å². The van der Waals surface area contributed by atoms with Gasteiger partial charge in [0.25, 0.3) is 5.56 Å². The molecule has 30 heavy (non-hydrogen) atoms. The molecule has 0 aliphatic heterocycles. The molecule has 1 aromatic carbocycles. The topological polar surface area (TPSA) is 109 Å². The monoisotopic (exact) mass is 422 g/mol. The van der Waals surface area contributed by atoms with Crippen molar-refractivity contribution in [1.82, 2.24) is 14.6 Å². The van der Waals surface area contributed by atoms with Crippen LogP contribution in [0.25, 0.3) is 11.0 Å². The summed E-state index contributed by atoms with van der Waals surface area (Å²) in [4.78, 5) is 28.7. The summed E-state index contributed by atoms with van der Waals surface area (Å²) < 4.78 is 12.3. The van der Waals surface area contributed by atoms with Crippen molar-refractivity contribution in [1.29, 1.82) is 0 Å². The molecule has 0 fully saturated rings. The molecule has 1 aliphatic carbocycles. The summed E-state index contributed by atoms with van der Waals surface area (Å²) in [5, 5.41) is 5.07. The van der Waals surface area contributed by atoms with E-state index in [1.165, 1.54) is 29.0 Å². The molecule has 2 N–H and O–H groups in total. The van der Waals surface area contributed by atoms with E-state index in [1.807, 2.05) is 31.2 Å². The lowest BCUT2D eigenvalue weighted by Crippen LogP contribution is -2.17. The molecule has 0 unspecified atom stereocenters. The summed E-state index contributed by atoms with van der Waals surface area (Å²) in [5.41, 5.74) is 7.53. The fourth-order valence-electron chi connectivity index (χ4n) is 2.91. The summed E-state index contributed by atoms with van der Waals surface area (Å²) in [6.45, 7) is 2.19. The minimum atomic E-state index is -0.479. The summed E-state index contributed by atoms with van der Waals surface area (Å²) >= 11 is 1.23. The average molecular weight is 422 g/mol. The zero-order valence-electron chi connectivity index (χ0n) is 16.3. The Hall–Kier alpha value is -3.72. The van der Waals surface area contributed by atoms with Crippen LogP contribution in [0.2, 0.25) is 0 Å². The Kier molecular flexibility index (Phi) is 5.20. The highest BCUT2D eigenvalue weighted by atomic mass is 32.1. The van der Waals surface area contributed by atoms with Crippen molar-refractivity contribution in [3.63, 3.8) is 0 Å². The van der Waals surface area contributed by atoms with Crippen LogP contribution in [0.5, 0.6) is 5.75 Å². The van der Waals surface area contributed by atoms with Crippen LogP contribution in [0.15, 0.2) is 58.6 Å². The van der Waals surface area contributed by atoms with E-state index in [9.17, 15) is 9.59 Å². The van der Waals surface area contributed by atoms with Gasteiger partial charge < -0.3 is 15.2 Å². The molecule has 0 saturated carbocycles. The highest BCUT2D eigenvalue weighted by Gasteiger charge is 2.16. The molecular weight excluding hydrogens is 404 g/mol. The van der Waals surface area contributed by atoms with Crippen molar-refractivity contribution in [2.75, 3.05) is 12.8 Å². The number of nitrogen functional groups attached to an aromatic ring is 1. The molecule has 2 aromatic heterocycles. The Bertz CT molecular complexity index is 1300. The van der Waals surface area contributed by atoms with Crippen LogP contribution in [-0.4, -0.2) is 27.5 Å². The summed E-state index contributed by atoms with van der Waals surface area (Å²) in [6.07, 6.45) is 6.05. The smallest absolute Gasteiger partial charge is 0.283 e. The summed E-state index contributed by atoms with van der Waals surface area (Å²) in [5.74, 6) is 0.858. The standard InChI is InChI=1S/C21H18N4O4S/c1-12-5-3-4-6-16(12)29-11-18-24-25-19(22)14(20(27)23-21(25)30-18)9-13-7-8-15(26)17(10-13)28-2/h3-10H,11,22H2,1-2H3/b13-9-. The van der Waals surface area contributed by atoms with Gasteiger partial charge in [0, 0.05) is 0 Å². The minimum absolute atomic E-state index is 0.161. The molecule has 152 valence electrons. The Morgan fingerprint density at radius 3 is 2.80 bits per heavy atom. The number of aromatic nitrogens is 3. The minimum Gasteiger partial charge on any atom is -0.493 e. The van der Waals surface area contributed by atoms with Gasteiger partial charge in [-0.2, -0.15) is 14.6 Å². The van der Waals surface area contributed by atoms with Crippen LogP contribution in [0.4, 0.5) is 5.82 Å². The molecule has 3 aromatic rings. The van der Waals surface area contributed by atoms with Crippen LogP contribution in [-0.2, 0) is 16.1 Å². The quantitative estimate of drug-likeness (QED) is 0.673. The van der Waals surface area contributed by atoms with E-state index >= 15 is 0 Å². The number of carbonyl (C=O) groups is 1. The van der Waals surface area contributed by atoms with Crippen LogP contribution >= 0.6 is 11.3 Å².